The van der Waals surface area contributed by atoms with E-state index in [4.69, 9.17) is 4.74 Å². The quantitative estimate of drug-likeness (QED) is 0.915. The predicted molar refractivity (Wildman–Crippen MR) is 77.4 cm³/mol. The minimum atomic E-state index is -0.267. The average molecular weight is 278 g/mol. The Morgan fingerprint density at radius 3 is 2.95 bits per heavy atom. The first-order valence-corrected chi connectivity index (χ1v) is 7.54. The SMILES string of the molecule is COc1ccc(CN2CCCNC(C3CC3)C2)cc1F. The lowest BCUT2D eigenvalue weighted by Crippen LogP contribution is -2.38. The van der Waals surface area contributed by atoms with Gasteiger partial charge in [-0.15, -0.1) is 0 Å². The van der Waals surface area contributed by atoms with Crippen molar-refractivity contribution >= 4 is 0 Å². The summed E-state index contributed by atoms with van der Waals surface area (Å²) in [6.07, 6.45) is 3.90. The zero-order chi connectivity index (χ0) is 13.9. The summed E-state index contributed by atoms with van der Waals surface area (Å²) < 4.78 is 18.7. The van der Waals surface area contributed by atoms with Crippen molar-refractivity contribution in [2.45, 2.75) is 31.8 Å². The number of rotatable bonds is 4. The van der Waals surface area contributed by atoms with Crippen molar-refractivity contribution in [2.24, 2.45) is 5.92 Å². The molecule has 0 bridgehead atoms. The van der Waals surface area contributed by atoms with Crippen LogP contribution in [-0.4, -0.2) is 37.7 Å². The van der Waals surface area contributed by atoms with Crippen molar-refractivity contribution in [2.75, 3.05) is 26.7 Å². The highest BCUT2D eigenvalue weighted by Crippen LogP contribution is 2.33. The summed E-state index contributed by atoms with van der Waals surface area (Å²) in [5, 5.41) is 3.65. The van der Waals surface area contributed by atoms with E-state index >= 15 is 0 Å². The minimum Gasteiger partial charge on any atom is -0.494 e. The van der Waals surface area contributed by atoms with Crippen LogP contribution >= 0.6 is 0 Å². The lowest BCUT2D eigenvalue weighted by atomic mass is 10.1. The van der Waals surface area contributed by atoms with Crippen LogP contribution in [0.1, 0.15) is 24.8 Å². The first-order valence-electron chi connectivity index (χ1n) is 7.54. The molecule has 1 saturated carbocycles. The molecule has 3 rings (SSSR count). The van der Waals surface area contributed by atoms with Gasteiger partial charge < -0.3 is 10.1 Å². The molecule has 4 heteroatoms. The first-order chi connectivity index (χ1) is 9.76. The van der Waals surface area contributed by atoms with Crippen molar-refractivity contribution in [3.63, 3.8) is 0 Å². The van der Waals surface area contributed by atoms with E-state index in [9.17, 15) is 4.39 Å². The molecule has 2 fully saturated rings. The van der Waals surface area contributed by atoms with Gasteiger partial charge in [-0.1, -0.05) is 6.07 Å². The summed E-state index contributed by atoms with van der Waals surface area (Å²) in [5.41, 5.74) is 1.03. The van der Waals surface area contributed by atoms with Crippen LogP contribution in [0.5, 0.6) is 5.75 Å². The van der Waals surface area contributed by atoms with E-state index in [0.29, 0.717) is 11.8 Å². The topological polar surface area (TPSA) is 24.5 Å². The van der Waals surface area contributed by atoms with E-state index in [0.717, 1.165) is 37.7 Å². The molecule has 0 radical (unpaired) electrons. The summed E-state index contributed by atoms with van der Waals surface area (Å²) in [7, 11) is 1.50. The van der Waals surface area contributed by atoms with Gasteiger partial charge in [0.1, 0.15) is 0 Å². The Balaban J connectivity index is 1.64. The number of nitrogens with one attached hydrogen (secondary N) is 1. The van der Waals surface area contributed by atoms with Crippen molar-refractivity contribution in [1.82, 2.24) is 10.2 Å². The molecule has 1 aliphatic carbocycles. The molecular weight excluding hydrogens is 255 g/mol. The lowest BCUT2D eigenvalue weighted by molar-refractivity contribution is 0.250. The number of hydrogen-bond acceptors (Lipinski definition) is 3. The van der Waals surface area contributed by atoms with Gasteiger partial charge in [0.15, 0.2) is 11.6 Å². The van der Waals surface area contributed by atoms with Gasteiger partial charge >= 0.3 is 0 Å². The Kier molecular flexibility index (Phi) is 4.22. The second-order valence-electron chi connectivity index (χ2n) is 5.96. The summed E-state index contributed by atoms with van der Waals surface area (Å²) in [6, 6.07) is 5.91. The molecule has 110 valence electrons. The van der Waals surface area contributed by atoms with Gasteiger partial charge in [0, 0.05) is 19.1 Å². The second kappa shape index (κ2) is 6.10. The normalized spacial score (nSPS) is 24.4. The smallest absolute Gasteiger partial charge is 0.165 e. The van der Waals surface area contributed by atoms with Crippen LogP contribution in [0, 0.1) is 11.7 Å². The Morgan fingerprint density at radius 2 is 2.25 bits per heavy atom. The summed E-state index contributed by atoms with van der Waals surface area (Å²) >= 11 is 0. The fourth-order valence-electron chi connectivity index (χ4n) is 3.05. The molecule has 0 spiro atoms. The number of halogens is 1. The van der Waals surface area contributed by atoms with E-state index in [1.807, 2.05) is 6.07 Å². The molecule has 1 saturated heterocycles. The van der Waals surface area contributed by atoms with E-state index in [1.165, 1.54) is 26.4 Å². The van der Waals surface area contributed by atoms with Gasteiger partial charge in [0.2, 0.25) is 0 Å². The van der Waals surface area contributed by atoms with Crippen LogP contribution in [0.15, 0.2) is 18.2 Å². The van der Waals surface area contributed by atoms with E-state index in [2.05, 4.69) is 10.2 Å². The van der Waals surface area contributed by atoms with Crippen LogP contribution in [0.25, 0.3) is 0 Å². The Hall–Kier alpha value is -1.13. The summed E-state index contributed by atoms with van der Waals surface area (Å²) in [4.78, 5) is 2.45. The highest BCUT2D eigenvalue weighted by Gasteiger charge is 2.32. The second-order valence-corrected chi connectivity index (χ2v) is 5.96. The van der Waals surface area contributed by atoms with Gasteiger partial charge in [0.05, 0.1) is 7.11 Å². The Labute approximate surface area is 120 Å². The summed E-state index contributed by atoms with van der Waals surface area (Å²) in [5.74, 6) is 0.919. The maximum Gasteiger partial charge on any atom is 0.165 e. The van der Waals surface area contributed by atoms with Crippen LogP contribution in [-0.2, 0) is 6.54 Å². The third kappa shape index (κ3) is 3.30. The zero-order valence-electron chi connectivity index (χ0n) is 12.1. The maximum atomic E-state index is 13.7. The van der Waals surface area contributed by atoms with Crippen molar-refractivity contribution in [3.05, 3.63) is 29.6 Å². The van der Waals surface area contributed by atoms with Gasteiger partial charge in [-0.3, -0.25) is 4.90 Å². The maximum absolute atomic E-state index is 13.7. The van der Waals surface area contributed by atoms with Crippen LogP contribution < -0.4 is 10.1 Å². The molecule has 1 unspecified atom stereocenters. The molecule has 2 aliphatic rings. The third-order valence-electron chi connectivity index (χ3n) is 4.33. The molecule has 0 amide bonds. The average Bonchev–Trinajstić information content (AvgIpc) is 3.25. The van der Waals surface area contributed by atoms with Gasteiger partial charge in [0.25, 0.3) is 0 Å². The molecule has 1 aromatic rings. The molecule has 1 atom stereocenters. The van der Waals surface area contributed by atoms with Crippen molar-refractivity contribution < 1.29 is 9.13 Å². The number of hydrogen-bond donors (Lipinski definition) is 1. The van der Waals surface area contributed by atoms with Crippen molar-refractivity contribution in [3.8, 4) is 5.75 Å². The summed E-state index contributed by atoms with van der Waals surface area (Å²) in [6.45, 7) is 4.10. The number of nitrogens with zero attached hydrogens (tertiary/aromatic N) is 1. The third-order valence-corrected chi connectivity index (χ3v) is 4.33. The lowest BCUT2D eigenvalue weighted by Gasteiger charge is -2.24. The Bertz CT molecular complexity index is 462. The number of benzene rings is 1. The van der Waals surface area contributed by atoms with E-state index in [-0.39, 0.29) is 5.82 Å². The van der Waals surface area contributed by atoms with Crippen molar-refractivity contribution in [1.29, 1.82) is 0 Å². The number of methoxy groups -OCH3 is 1. The fourth-order valence-corrected chi connectivity index (χ4v) is 3.05. The zero-order valence-corrected chi connectivity index (χ0v) is 12.1. The predicted octanol–water partition coefficient (Wildman–Crippen LogP) is 2.41. The van der Waals surface area contributed by atoms with Gasteiger partial charge in [-0.25, -0.2) is 4.39 Å². The van der Waals surface area contributed by atoms with Gasteiger partial charge in [-0.2, -0.15) is 0 Å². The minimum absolute atomic E-state index is 0.267. The molecule has 1 N–H and O–H groups in total. The fraction of sp³-hybridized carbons (Fsp3) is 0.625. The standard InChI is InChI=1S/C16H23FN2O/c1-20-16-6-3-12(9-14(16)17)10-19-8-2-7-18-15(11-19)13-4-5-13/h3,6,9,13,15,18H,2,4-5,7-8,10-11H2,1H3. The highest BCUT2D eigenvalue weighted by molar-refractivity contribution is 5.29. The molecule has 1 aliphatic heterocycles. The van der Waals surface area contributed by atoms with Crippen LogP contribution in [0.2, 0.25) is 0 Å². The monoisotopic (exact) mass is 278 g/mol. The number of ether oxygens (including phenoxy) is 1. The Morgan fingerprint density at radius 1 is 1.40 bits per heavy atom. The molecule has 20 heavy (non-hydrogen) atoms. The first kappa shape index (κ1) is 13.8. The largest absolute Gasteiger partial charge is 0.494 e. The highest BCUT2D eigenvalue weighted by atomic mass is 19.1. The molecular formula is C16H23FN2O. The van der Waals surface area contributed by atoms with E-state index in [1.54, 1.807) is 12.1 Å². The molecule has 1 aromatic carbocycles. The molecule has 3 nitrogen and oxygen atoms in total. The van der Waals surface area contributed by atoms with Gasteiger partial charge in [-0.05, 0) is 56.0 Å². The van der Waals surface area contributed by atoms with Crippen LogP contribution in [0.3, 0.4) is 0 Å². The van der Waals surface area contributed by atoms with Crippen LogP contribution in [0.4, 0.5) is 4.39 Å². The molecule has 0 aromatic heterocycles. The van der Waals surface area contributed by atoms with E-state index < -0.39 is 0 Å². The molecule has 1 heterocycles.